The highest BCUT2D eigenvalue weighted by atomic mass is 16.2. The third kappa shape index (κ3) is 3.52. The zero-order valence-corrected chi connectivity index (χ0v) is 11.5. The zero-order chi connectivity index (χ0) is 13.7. The third-order valence-electron chi connectivity index (χ3n) is 3.59. The Morgan fingerprint density at radius 2 is 2.32 bits per heavy atom. The Morgan fingerprint density at radius 1 is 1.47 bits per heavy atom. The molecule has 1 aromatic rings. The first kappa shape index (κ1) is 14.0. The van der Waals surface area contributed by atoms with Gasteiger partial charge in [-0.2, -0.15) is 0 Å². The molecule has 5 heteroatoms. The number of carbonyl (C=O) groups is 1. The highest BCUT2D eigenvalue weighted by Crippen LogP contribution is 2.16. The fourth-order valence-electron chi connectivity index (χ4n) is 2.57. The molecule has 0 spiro atoms. The van der Waals surface area contributed by atoms with Gasteiger partial charge in [0.25, 0.3) is 0 Å². The van der Waals surface area contributed by atoms with E-state index in [2.05, 4.69) is 9.88 Å². The van der Waals surface area contributed by atoms with Gasteiger partial charge >= 0.3 is 0 Å². The summed E-state index contributed by atoms with van der Waals surface area (Å²) in [5, 5.41) is 0. The molecule has 1 unspecified atom stereocenters. The quantitative estimate of drug-likeness (QED) is 0.856. The number of carbonyl (C=O) groups excluding carboxylic acids is 1. The lowest BCUT2D eigenvalue weighted by atomic mass is 10.1. The van der Waals surface area contributed by atoms with Gasteiger partial charge in [-0.3, -0.25) is 14.7 Å². The van der Waals surface area contributed by atoms with E-state index >= 15 is 0 Å². The van der Waals surface area contributed by atoms with Crippen LogP contribution in [0.4, 0.5) is 0 Å². The minimum absolute atomic E-state index is 0.0993. The predicted molar refractivity (Wildman–Crippen MR) is 74.4 cm³/mol. The Hall–Kier alpha value is -1.46. The highest BCUT2D eigenvalue weighted by molar-refractivity contribution is 5.81. The lowest BCUT2D eigenvalue weighted by Gasteiger charge is -2.29. The van der Waals surface area contributed by atoms with E-state index in [4.69, 9.17) is 5.73 Å². The monoisotopic (exact) mass is 262 g/mol. The minimum atomic E-state index is -0.0993. The Bertz CT molecular complexity index is 409. The van der Waals surface area contributed by atoms with Crippen molar-refractivity contribution in [3.63, 3.8) is 0 Å². The van der Waals surface area contributed by atoms with E-state index in [1.807, 2.05) is 30.3 Å². The summed E-state index contributed by atoms with van der Waals surface area (Å²) in [6, 6.07) is 3.88. The van der Waals surface area contributed by atoms with Crippen LogP contribution in [0.15, 0.2) is 24.5 Å². The average Bonchev–Trinajstić information content (AvgIpc) is 2.55. The molecule has 2 heterocycles. The largest absolute Gasteiger partial charge is 0.344 e. The first-order valence-corrected chi connectivity index (χ1v) is 6.80. The second-order valence-corrected chi connectivity index (χ2v) is 5.04. The van der Waals surface area contributed by atoms with E-state index in [9.17, 15) is 4.79 Å². The van der Waals surface area contributed by atoms with Crippen molar-refractivity contribution in [1.29, 1.82) is 0 Å². The van der Waals surface area contributed by atoms with Gasteiger partial charge in [0, 0.05) is 39.1 Å². The van der Waals surface area contributed by atoms with Crippen molar-refractivity contribution in [1.82, 2.24) is 14.8 Å². The second-order valence-electron chi connectivity index (χ2n) is 5.04. The minimum Gasteiger partial charge on any atom is -0.344 e. The fourth-order valence-corrected chi connectivity index (χ4v) is 2.57. The Balaban J connectivity index is 2.13. The molecule has 104 valence electrons. The highest BCUT2D eigenvalue weighted by Gasteiger charge is 2.30. The van der Waals surface area contributed by atoms with Gasteiger partial charge in [-0.25, -0.2) is 0 Å². The van der Waals surface area contributed by atoms with E-state index in [0.717, 1.165) is 31.6 Å². The number of amides is 1. The molecule has 2 rings (SSSR count). The Morgan fingerprint density at radius 3 is 3.00 bits per heavy atom. The van der Waals surface area contributed by atoms with Crippen molar-refractivity contribution in [2.45, 2.75) is 25.4 Å². The van der Waals surface area contributed by atoms with E-state index in [0.29, 0.717) is 13.0 Å². The van der Waals surface area contributed by atoms with Crippen LogP contribution in [0, 0.1) is 0 Å². The summed E-state index contributed by atoms with van der Waals surface area (Å²) in [7, 11) is 1.87. The summed E-state index contributed by atoms with van der Waals surface area (Å²) < 4.78 is 0. The van der Waals surface area contributed by atoms with Crippen LogP contribution in [0.1, 0.15) is 18.4 Å². The standard InChI is InChI=1S/C14H22N4O/c1-17-8-3-9-18(13(5-6-15)14(17)19)11-12-4-2-7-16-10-12/h2,4,7,10,13H,3,5-6,8-9,11,15H2,1H3. The van der Waals surface area contributed by atoms with Gasteiger partial charge in [-0.1, -0.05) is 6.07 Å². The van der Waals surface area contributed by atoms with Crippen LogP contribution in [0.3, 0.4) is 0 Å². The van der Waals surface area contributed by atoms with Crippen LogP contribution < -0.4 is 5.73 Å². The predicted octanol–water partition coefficient (Wildman–Crippen LogP) is 0.463. The van der Waals surface area contributed by atoms with E-state index in [1.54, 1.807) is 6.20 Å². The maximum Gasteiger partial charge on any atom is 0.239 e. The number of aromatic nitrogens is 1. The van der Waals surface area contributed by atoms with Crippen molar-refractivity contribution in [2.24, 2.45) is 5.73 Å². The molecular formula is C14H22N4O. The Kier molecular flexibility index (Phi) is 4.87. The summed E-state index contributed by atoms with van der Waals surface area (Å²) in [6.07, 6.45) is 5.34. The van der Waals surface area contributed by atoms with Crippen molar-refractivity contribution >= 4 is 5.91 Å². The molecule has 1 aromatic heterocycles. The molecule has 0 radical (unpaired) electrons. The van der Waals surface area contributed by atoms with E-state index in [-0.39, 0.29) is 11.9 Å². The third-order valence-corrected chi connectivity index (χ3v) is 3.59. The molecule has 2 N–H and O–H groups in total. The summed E-state index contributed by atoms with van der Waals surface area (Å²) in [4.78, 5) is 20.5. The van der Waals surface area contributed by atoms with Crippen molar-refractivity contribution < 1.29 is 4.79 Å². The number of hydrogen-bond acceptors (Lipinski definition) is 4. The lowest BCUT2D eigenvalue weighted by Crippen LogP contribution is -2.45. The fraction of sp³-hybridized carbons (Fsp3) is 0.571. The molecule has 1 fully saturated rings. The summed E-state index contributed by atoms with van der Waals surface area (Å²) >= 11 is 0. The molecule has 0 aliphatic carbocycles. The number of hydrogen-bond donors (Lipinski definition) is 1. The van der Waals surface area contributed by atoms with Gasteiger partial charge in [-0.15, -0.1) is 0 Å². The molecule has 5 nitrogen and oxygen atoms in total. The van der Waals surface area contributed by atoms with Gasteiger partial charge in [0.15, 0.2) is 0 Å². The molecule has 0 bridgehead atoms. The number of nitrogens with zero attached hydrogens (tertiary/aromatic N) is 3. The second kappa shape index (κ2) is 6.63. The summed E-state index contributed by atoms with van der Waals surface area (Å²) in [6.45, 7) is 3.05. The van der Waals surface area contributed by atoms with Gasteiger partial charge in [0.1, 0.15) is 0 Å². The van der Waals surface area contributed by atoms with E-state index < -0.39 is 0 Å². The lowest BCUT2D eigenvalue weighted by molar-refractivity contribution is -0.134. The molecule has 0 aromatic carbocycles. The first-order valence-electron chi connectivity index (χ1n) is 6.80. The van der Waals surface area contributed by atoms with E-state index in [1.165, 1.54) is 0 Å². The average molecular weight is 262 g/mol. The van der Waals surface area contributed by atoms with Crippen molar-refractivity contribution in [2.75, 3.05) is 26.7 Å². The molecule has 0 saturated carbocycles. The summed E-state index contributed by atoms with van der Waals surface area (Å²) in [5.41, 5.74) is 6.80. The van der Waals surface area contributed by atoms with Crippen LogP contribution in [0.2, 0.25) is 0 Å². The van der Waals surface area contributed by atoms with Crippen LogP contribution in [-0.4, -0.2) is 53.4 Å². The summed E-state index contributed by atoms with van der Waals surface area (Å²) in [5.74, 6) is 0.187. The number of nitrogens with two attached hydrogens (primary N) is 1. The smallest absolute Gasteiger partial charge is 0.239 e. The molecular weight excluding hydrogens is 240 g/mol. The number of pyridine rings is 1. The van der Waals surface area contributed by atoms with Crippen LogP contribution in [-0.2, 0) is 11.3 Å². The van der Waals surface area contributed by atoms with Gasteiger partial charge < -0.3 is 10.6 Å². The van der Waals surface area contributed by atoms with Crippen LogP contribution in [0.5, 0.6) is 0 Å². The van der Waals surface area contributed by atoms with Crippen LogP contribution in [0.25, 0.3) is 0 Å². The van der Waals surface area contributed by atoms with Crippen molar-refractivity contribution in [3.05, 3.63) is 30.1 Å². The molecule has 1 aliphatic heterocycles. The first-order chi connectivity index (χ1) is 9.22. The molecule has 1 atom stereocenters. The maximum absolute atomic E-state index is 12.3. The molecule has 1 amide bonds. The topological polar surface area (TPSA) is 62.5 Å². The van der Waals surface area contributed by atoms with Gasteiger partial charge in [-0.05, 0) is 31.0 Å². The number of likely N-dealkylation sites (N-methyl/N-ethyl adjacent to an activating group) is 1. The molecule has 19 heavy (non-hydrogen) atoms. The normalized spacial score (nSPS) is 21.5. The SMILES string of the molecule is CN1CCCN(Cc2cccnc2)C(CCN)C1=O. The molecule has 1 saturated heterocycles. The molecule has 1 aliphatic rings. The van der Waals surface area contributed by atoms with Crippen molar-refractivity contribution in [3.8, 4) is 0 Å². The Labute approximate surface area is 114 Å². The van der Waals surface area contributed by atoms with Crippen LogP contribution >= 0.6 is 0 Å². The van der Waals surface area contributed by atoms with Gasteiger partial charge in [0.2, 0.25) is 5.91 Å². The number of rotatable bonds is 4. The zero-order valence-electron chi connectivity index (χ0n) is 11.5. The maximum atomic E-state index is 12.3. The van der Waals surface area contributed by atoms with Gasteiger partial charge in [0.05, 0.1) is 6.04 Å².